The average Bonchev–Trinajstić information content (AvgIpc) is 2.56. The molecule has 0 aliphatic rings. The molecule has 0 radical (unpaired) electrons. The summed E-state index contributed by atoms with van der Waals surface area (Å²) in [7, 11) is 5.78. The summed E-state index contributed by atoms with van der Waals surface area (Å²) in [5.74, 6) is 0.499. The average molecular weight is 309 g/mol. The van der Waals surface area contributed by atoms with Crippen molar-refractivity contribution in [1.82, 2.24) is 5.32 Å². The van der Waals surface area contributed by atoms with E-state index < -0.39 is 11.9 Å². The van der Waals surface area contributed by atoms with Crippen molar-refractivity contribution in [3.63, 3.8) is 0 Å². The standard InChI is InChI=1S/C15H19NO6/c1-19-11-7-10(8-12(20-2)15(11)22-4)5-6-13(17)16-9-14(18)21-3/h5-8H,9H2,1-4H3,(H,16,17). The molecule has 1 N–H and O–H groups in total. The van der Waals surface area contributed by atoms with Crippen molar-refractivity contribution in [2.75, 3.05) is 35.0 Å². The molecule has 0 fully saturated rings. The van der Waals surface area contributed by atoms with Gasteiger partial charge in [-0.1, -0.05) is 0 Å². The van der Waals surface area contributed by atoms with Gasteiger partial charge in [-0.25, -0.2) is 0 Å². The number of esters is 1. The van der Waals surface area contributed by atoms with Crippen molar-refractivity contribution < 1.29 is 28.5 Å². The number of hydrogen-bond donors (Lipinski definition) is 1. The van der Waals surface area contributed by atoms with Crippen LogP contribution < -0.4 is 19.5 Å². The first-order valence-corrected chi connectivity index (χ1v) is 6.38. The predicted octanol–water partition coefficient (Wildman–Crippen LogP) is 1.01. The number of carbonyl (C=O) groups excluding carboxylic acids is 2. The monoisotopic (exact) mass is 309 g/mol. The third kappa shape index (κ3) is 4.69. The van der Waals surface area contributed by atoms with E-state index in [2.05, 4.69) is 10.1 Å². The van der Waals surface area contributed by atoms with Crippen LogP contribution in [0.4, 0.5) is 0 Å². The van der Waals surface area contributed by atoms with Crippen LogP contribution in [0.3, 0.4) is 0 Å². The van der Waals surface area contributed by atoms with E-state index in [1.165, 1.54) is 34.5 Å². The molecule has 0 unspecified atom stereocenters. The number of methoxy groups -OCH3 is 4. The molecule has 1 amide bonds. The normalized spacial score (nSPS) is 10.2. The summed E-state index contributed by atoms with van der Waals surface area (Å²) in [6, 6.07) is 3.40. The van der Waals surface area contributed by atoms with Crippen molar-refractivity contribution in [2.24, 2.45) is 0 Å². The smallest absolute Gasteiger partial charge is 0.325 e. The lowest BCUT2D eigenvalue weighted by Crippen LogP contribution is -2.28. The van der Waals surface area contributed by atoms with E-state index in [1.54, 1.807) is 18.2 Å². The van der Waals surface area contributed by atoms with Gasteiger partial charge < -0.3 is 24.3 Å². The molecule has 0 saturated heterocycles. The molecule has 0 spiro atoms. The molecular weight excluding hydrogens is 290 g/mol. The van der Waals surface area contributed by atoms with Crippen LogP contribution >= 0.6 is 0 Å². The van der Waals surface area contributed by atoms with Crippen LogP contribution in [0.1, 0.15) is 5.56 Å². The molecule has 0 heterocycles. The lowest BCUT2D eigenvalue weighted by molar-refractivity contribution is -0.140. The number of amides is 1. The number of hydrogen-bond acceptors (Lipinski definition) is 6. The molecular formula is C15H19NO6. The molecule has 7 heteroatoms. The summed E-state index contributed by atoms with van der Waals surface area (Å²) in [5, 5.41) is 2.40. The molecule has 1 aromatic carbocycles. The Morgan fingerprint density at radius 3 is 2.09 bits per heavy atom. The van der Waals surface area contributed by atoms with E-state index in [-0.39, 0.29) is 6.54 Å². The molecule has 7 nitrogen and oxygen atoms in total. The second-order valence-electron chi connectivity index (χ2n) is 4.09. The van der Waals surface area contributed by atoms with Gasteiger partial charge in [-0.3, -0.25) is 9.59 Å². The van der Waals surface area contributed by atoms with Crippen LogP contribution in [0.5, 0.6) is 17.2 Å². The number of nitrogens with one attached hydrogen (secondary N) is 1. The number of ether oxygens (including phenoxy) is 4. The van der Waals surface area contributed by atoms with Crippen LogP contribution in [-0.2, 0) is 14.3 Å². The fourth-order valence-corrected chi connectivity index (χ4v) is 1.66. The minimum absolute atomic E-state index is 0.186. The Hall–Kier alpha value is -2.70. The van der Waals surface area contributed by atoms with Gasteiger partial charge in [0.15, 0.2) is 11.5 Å². The fraction of sp³-hybridized carbons (Fsp3) is 0.333. The molecule has 22 heavy (non-hydrogen) atoms. The quantitative estimate of drug-likeness (QED) is 0.598. The SMILES string of the molecule is COC(=O)CNC(=O)C=Cc1cc(OC)c(OC)c(OC)c1. The summed E-state index contributed by atoms with van der Waals surface area (Å²) in [4.78, 5) is 22.5. The Morgan fingerprint density at radius 2 is 1.64 bits per heavy atom. The van der Waals surface area contributed by atoms with Crippen LogP contribution in [0, 0.1) is 0 Å². The molecule has 0 aromatic heterocycles. The lowest BCUT2D eigenvalue weighted by atomic mass is 10.1. The molecule has 0 bridgehead atoms. The fourth-order valence-electron chi connectivity index (χ4n) is 1.66. The molecule has 120 valence electrons. The summed E-state index contributed by atoms with van der Waals surface area (Å²) < 4.78 is 20.1. The van der Waals surface area contributed by atoms with Gasteiger partial charge in [0.2, 0.25) is 11.7 Å². The molecule has 0 aliphatic heterocycles. The molecule has 0 saturated carbocycles. The Bertz CT molecular complexity index is 542. The Labute approximate surface area is 128 Å². The first kappa shape index (κ1) is 17.4. The number of rotatable bonds is 7. The van der Waals surface area contributed by atoms with Crippen LogP contribution in [0.2, 0.25) is 0 Å². The highest BCUT2D eigenvalue weighted by atomic mass is 16.5. The van der Waals surface area contributed by atoms with E-state index in [4.69, 9.17) is 14.2 Å². The van der Waals surface area contributed by atoms with Crippen molar-refractivity contribution in [3.05, 3.63) is 23.8 Å². The number of benzene rings is 1. The van der Waals surface area contributed by atoms with Crippen molar-refractivity contribution >= 4 is 18.0 Å². The van der Waals surface area contributed by atoms with E-state index in [9.17, 15) is 9.59 Å². The highest BCUT2D eigenvalue weighted by Crippen LogP contribution is 2.38. The van der Waals surface area contributed by atoms with Gasteiger partial charge in [-0.05, 0) is 23.8 Å². The molecule has 0 atom stereocenters. The number of carbonyl (C=O) groups is 2. The van der Waals surface area contributed by atoms with Crippen molar-refractivity contribution in [2.45, 2.75) is 0 Å². The highest BCUT2D eigenvalue weighted by Gasteiger charge is 2.12. The summed E-state index contributed by atoms with van der Waals surface area (Å²) in [5.41, 5.74) is 0.683. The van der Waals surface area contributed by atoms with E-state index in [1.807, 2.05) is 0 Å². The summed E-state index contributed by atoms with van der Waals surface area (Å²) >= 11 is 0. The Kier molecular flexibility index (Phi) is 6.75. The predicted molar refractivity (Wildman–Crippen MR) is 80.2 cm³/mol. The van der Waals surface area contributed by atoms with Gasteiger partial charge in [-0.2, -0.15) is 0 Å². The second kappa shape index (κ2) is 8.56. The lowest BCUT2D eigenvalue weighted by Gasteiger charge is -2.12. The molecule has 0 aliphatic carbocycles. The maximum atomic E-state index is 11.6. The summed E-state index contributed by atoms with van der Waals surface area (Å²) in [6.07, 6.45) is 2.86. The third-order valence-corrected chi connectivity index (χ3v) is 2.75. The molecule has 1 aromatic rings. The molecule has 1 rings (SSSR count). The van der Waals surface area contributed by atoms with Crippen molar-refractivity contribution in [3.8, 4) is 17.2 Å². The van der Waals surface area contributed by atoms with Gasteiger partial charge in [-0.15, -0.1) is 0 Å². The van der Waals surface area contributed by atoms with Gasteiger partial charge in [0.05, 0.1) is 28.4 Å². The first-order valence-electron chi connectivity index (χ1n) is 6.38. The zero-order valence-corrected chi connectivity index (χ0v) is 13.0. The van der Waals surface area contributed by atoms with Crippen LogP contribution in [0.25, 0.3) is 6.08 Å². The zero-order valence-electron chi connectivity index (χ0n) is 13.0. The largest absolute Gasteiger partial charge is 0.493 e. The van der Waals surface area contributed by atoms with Crippen LogP contribution in [-0.4, -0.2) is 46.9 Å². The van der Waals surface area contributed by atoms with E-state index >= 15 is 0 Å². The van der Waals surface area contributed by atoms with Gasteiger partial charge in [0.1, 0.15) is 6.54 Å². The first-order chi connectivity index (χ1) is 10.5. The third-order valence-electron chi connectivity index (χ3n) is 2.75. The summed E-state index contributed by atoms with van der Waals surface area (Å²) in [6.45, 7) is -0.186. The Balaban J connectivity index is 2.86. The zero-order chi connectivity index (χ0) is 16.5. The second-order valence-corrected chi connectivity index (χ2v) is 4.09. The van der Waals surface area contributed by atoms with Gasteiger partial charge in [0, 0.05) is 6.08 Å². The maximum absolute atomic E-state index is 11.6. The highest BCUT2D eigenvalue weighted by molar-refractivity contribution is 5.93. The van der Waals surface area contributed by atoms with Crippen molar-refractivity contribution in [1.29, 1.82) is 0 Å². The minimum atomic E-state index is -0.519. The van der Waals surface area contributed by atoms with E-state index in [0.717, 1.165) is 0 Å². The van der Waals surface area contributed by atoms with Gasteiger partial charge >= 0.3 is 5.97 Å². The van der Waals surface area contributed by atoms with Gasteiger partial charge in [0.25, 0.3) is 0 Å². The maximum Gasteiger partial charge on any atom is 0.325 e. The Morgan fingerprint density at radius 1 is 1.05 bits per heavy atom. The van der Waals surface area contributed by atoms with Crippen LogP contribution in [0.15, 0.2) is 18.2 Å². The topological polar surface area (TPSA) is 83.1 Å². The minimum Gasteiger partial charge on any atom is -0.493 e. The van der Waals surface area contributed by atoms with E-state index in [0.29, 0.717) is 22.8 Å².